The number of nitrogens with zero attached hydrogens (tertiary/aromatic N) is 3. The van der Waals surface area contributed by atoms with Crippen molar-refractivity contribution in [3.8, 4) is 0 Å². The lowest BCUT2D eigenvalue weighted by molar-refractivity contribution is 0.0896. The van der Waals surface area contributed by atoms with Crippen molar-refractivity contribution < 1.29 is 5.11 Å². The Bertz CT molecular complexity index is 1190. The Morgan fingerprint density at radius 2 is 1.67 bits per heavy atom. The summed E-state index contributed by atoms with van der Waals surface area (Å²) in [6, 6.07) is 15.7. The van der Waals surface area contributed by atoms with Crippen LogP contribution in [0.25, 0.3) is 10.9 Å². The van der Waals surface area contributed by atoms with E-state index in [-0.39, 0.29) is 17.8 Å². The summed E-state index contributed by atoms with van der Waals surface area (Å²) < 4.78 is 2.95. The number of hydrogen-bond acceptors (Lipinski definition) is 4. The molecule has 1 atom stereocenters. The lowest BCUT2D eigenvalue weighted by Gasteiger charge is -2.30. The van der Waals surface area contributed by atoms with Crippen LogP contribution in [0.1, 0.15) is 24.0 Å². The van der Waals surface area contributed by atoms with Crippen molar-refractivity contribution in [1.82, 2.24) is 14.0 Å². The minimum absolute atomic E-state index is 0.0192. The molecule has 2 aliphatic rings. The van der Waals surface area contributed by atoms with Crippen LogP contribution in [0.5, 0.6) is 0 Å². The summed E-state index contributed by atoms with van der Waals surface area (Å²) in [7, 11) is 0. The Kier molecular flexibility index (Phi) is 5.05. The Morgan fingerprint density at radius 1 is 0.933 bits per heavy atom. The van der Waals surface area contributed by atoms with E-state index in [1.165, 1.54) is 15.7 Å². The standard InChI is InChI=1S/C24H27N3O3/c28-20(15-25-12-11-18-5-1-2-6-19(18)14-25)16-27-23(29)21-7-3-4-8-22(21)26(24(27)30)13-17-9-10-17/h1-8,17,20,28H,9-16H2. The first-order valence-electron chi connectivity index (χ1n) is 10.8. The Balaban J connectivity index is 1.40. The number of hydrogen-bond donors (Lipinski definition) is 1. The van der Waals surface area contributed by atoms with Gasteiger partial charge in [0.2, 0.25) is 0 Å². The van der Waals surface area contributed by atoms with E-state index in [0.717, 1.165) is 32.4 Å². The van der Waals surface area contributed by atoms with E-state index in [1.807, 2.05) is 24.3 Å². The van der Waals surface area contributed by atoms with Gasteiger partial charge in [-0.25, -0.2) is 4.79 Å². The molecule has 5 rings (SSSR count). The molecule has 1 aliphatic carbocycles. The zero-order valence-corrected chi connectivity index (χ0v) is 17.0. The van der Waals surface area contributed by atoms with Gasteiger partial charge in [-0.3, -0.25) is 18.8 Å². The number of aliphatic hydroxyl groups excluding tert-OH is 1. The average molecular weight is 405 g/mol. The third-order valence-corrected chi connectivity index (χ3v) is 6.34. The van der Waals surface area contributed by atoms with Gasteiger partial charge in [0.15, 0.2) is 0 Å². The van der Waals surface area contributed by atoms with Gasteiger partial charge >= 0.3 is 5.69 Å². The van der Waals surface area contributed by atoms with E-state index in [1.54, 1.807) is 10.6 Å². The van der Waals surface area contributed by atoms with Crippen LogP contribution >= 0.6 is 0 Å². The maximum atomic E-state index is 13.2. The van der Waals surface area contributed by atoms with Gasteiger partial charge in [-0.05, 0) is 48.4 Å². The molecule has 1 fully saturated rings. The number of para-hydroxylation sites is 1. The maximum Gasteiger partial charge on any atom is 0.331 e. The molecule has 3 aromatic rings. The summed E-state index contributed by atoms with van der Waals surface area (Å²) in [6.45, 7) is 2.75. The first-order chi connectivity index (χ1) is 14.6. The molecule has 1 aliphatic heterocycles. The zero-order valence-electron chi connectivity index (χ0n) is 17.0. The number of fused-ring (bicyclic) bond motifs is 2. The predicted molar refractivity (Wildman–Crippen MR) is 117 cm³/mol. The van der Waals surface area contributed by atoms with Crippen LogP contribution < -0.4 is 11.2 Å². The summed E-state index contributed by atoms with van der Waals surface area (Å²) in [5.41, 5.74) is 2.71. The molecule has 0 radical (unpaired) electrons. The van der Waals surface area contributed by atoms with Crippen molar-refractivity contribution in [3.05, 3.63) is 80.5 Å². The molecule has 0 saturated heterocycles. The molecule has 6 heteroatoms. The van der Waals surface area contributed by atoms with E-state index in [2.05, 4.69) is 23.1 Å². The molecule has 0 bridgehead atoms. The third-order valence-electron chi connectivity index (χ3n) is 6.34. The summed E-state index contributed by atoms with van der Waals surface area (Å²) in [5, 5.41) is 11.3. The van der Waals surface area contributed by atoms with E-state index < -0.39 is 6.10 Å². The molecule has 1 saturated carbocycles. The highest BCUT2D eigenvalue weighted by atomic mass is 16.3. The number of aliphatic hydroxyl groups is 1. The molecule has 156 valence electrons. The fourth-order valence-corrected chi connectivity index (χ4v) is 4.54. The quantitative estimate of drug-likeness (QED) is 0.681. The first-order valence-corrected chi connectivity index (χ1v) is 10.8. The average Bonchev–Trinajstić information content (AvgIpc) is 3.58. The highest BCUT2D eigenvalue weighted by Gasteiger charge is 2.25. The second-order valence-electron chi connectivity index (χ2n) is 8.68. The molecule has 0 amide bonds. The Morgan fingerprint density at radius 3 is 2.47 bits per heavy atom. The van der Waals surface area contributed by atoms with Crippen LogP contribution in [0.3, 0.4) is 0 Å². The second-order valence-corrected chi connectivity index (χ2v) is 8.68. The van der Waals surface area contributed by atoms with E-state index in [4.69, 9.17) is 0 Å². The lowest BCUT2D eigenvalue weighted by atomic mass is 10.00. The number of rotatable bonds is 6. The maximum absolute atomic E-state index is 13.2. The van der Waals surface area contributed by atoms with Crippen LogP contribution in [0, 0.1) is 5.92 Å². The Labute approximate surface area is 175 Å². The van der Waals surface area contributed by atoms with Gasteiger partial charge in [-0.15, -0.1) is 0 Å². The van der Waals surface area contributed by atoms with Gasteiger partial charge in [-0.2, -0.15) is 0 Å². The highest BCUT2D eigenvalue weighted by Crippen LogP contribution is 2.30. The van der Waals surface area contributed by atoms with E-state index in [9.17, 15) is 14.7 Å². The van der Waals surface area contributed by atoms with Crippen molar-refractivity contribution >= 4 is 10.9 Å². The number of benzene rings is 2. The van der Waals surface area contributed by atoms with Crippen molar-refractivity contribution in [1.29, 1.82) is 0 Å². The molecule has 1 aromatic heterocycles. The van der Waals surface area contributed by atoms with Crippen LogP contribution in [-0.4, -0.2) is 38.3 Å². The largest absolute Gasteiger partial charge is 0.390 e. The summed E-state index contributed by atoms with van der Waals surface area (Å²) in [5.74, 6) is 0.510. The molecular formula is C24H27N3O3. The minimum atomic E-state index is -0.781. The molecule has 6 nitrogen and oxygen atoms in total. The molecule has 1 N–H and O–H groups in total. The van der Waals surface area contributed by atoms with E-state index >= 15 is 0 Å². The van der Waals surface area contributed by atoms with Crippen molar-refractivity contribution in [2.24, 2.45) is 5.92 Å². The van der Waals surface area contributed by atoms with Crippen LogP contribution in [0.2, 0.25) is 0 Å². The normalized spacial score (nSPS) is 17.8. The van der Waals surface area contributed by atoms with Crippen molar-refractivity contribution in [2.45, 2.75) is 45.0 Å². The number of β-amino-alcohol motifs (C(OH)–C–C–N with tert-alkyl or cyclic N) is 1. The summed E-state index contributed by atoms with van der Waals surface area (Å²) in [6.07, 6.45) is 2.42. The molecule has 1 unspecified atom stereocenters. The molecule has 2 aromatic carbocycles. The predicted octanol–water partition coefficient (Wildman–Crippen LogP) is 1.99. The van der Waals surface area contributed by atoms with Gasteiger partial charge in [-0.1, -0.05) is 36.4 Å². The van der Waals surface area contributed by atoms with Crippen molar-refractivity contribution in [3.63, 3.8) is 0 Å². The topological polar surface area (TPSA) is 67.5 Å². The molecular weight excluding hydrogens is 378 g/mol. The van der Waals surface area contributed by atoms with E-state index in [0.29, 0.717) is 29.9 Å². The van der Waals surface area contributed by atoms with Gasteiger partial charge in [0, 0.05) is 26.2 Å². The van der Waals surface area contributed by atoms with Gasteiger partial charge in [0.05, 0.1) is 23.6 Å². The van der Waals surface area contributed by atoms with Gasteiger partial charge < -0.3 is 5.11 Å². The third kappa shape index (κ3) is 3.73. The fourth-order valence-electron chi connectivity index (χ4n) is 4.54. The minimum Gasteiger partial charge on any atom is -0.390 e. The summed E-state index contributed by atoms with van der Waals surface area (Å²) in [4.78, 5) is 28.4. The summed E-state index contributed by atoms with van der Waals surface area (Å²) >= 11 is 0. The smallest absolute Gasteiger partial charge is 0.331 e. The van der Waals surface area contributed by atoms with Crippen LogP contribution in [-0.2, 0) is 26.1 Å². The number of aromatic nitrogens is 2. The van der Waals surface area contributed by atoms with Gasteiger partial charge in [0.1, 0.15) is 0 Å². The highest BCUT2D eigenvalue weighted by molar-refractivity contribution is 5.77. The lowest BCUT2D eigenvalue weighted by Crippen LogP contribution is -2.45. The van der Waals surface area contributed by atoms with Crippen LogP contribution in [0.15, 0.2) is 58.1 Å². The SMILES string of the molecule is O=c1c2ccccc2n(CC2CC2)c(=O)n1CC(O)CN1CCc2ccccc2C1. The second kappa shape index (κ2) is 7.85. The molecule has 30 heavy (non-hydrogen) atoms. The molecule has 0 spiro atoms. The first kappa shape index (κ1) is 19.3. The molecule has 2 heterocycles. The van der Waals surface area contributed by atoms with Crippen molar-refractivity contribution in [2.75, 3.05) is 13.1 Å². The zero-order chi connectivity index (χ0) is 20.7. The van der Waals surface area contributed by atoms with Crippen LogP contribution in [0.4, 0.5) is 0 Å². The van der Waals surface area contributed by atoms with Gasteiger partial charge in [0.25, 0.3) is 5.56 Å². The fraction of sp³-hybridized carbons (Fsp3) is 0.417. The monoisotopic (exact) mass is 405 g/mol. The Hall–Kier alpha value is -2.70.